The highest BCUT2D eigenvalue weighted by Crippen LogP contribution is 2.34. The summed E-state index contributed by atoms with van der Waals surface area (Å²) < 4.78 is 0. The van der Waals surface area contributed by atoms with Crippen molar-refractivity contribution >= 4 is 16.6 Å². The number of hydrogen-bond donors (Lipinski definition) is 1. The first-order valence-corrected chi connectivity index (χ1v) is 12.9. The molecule has 1 aliphatic carbocycles. The number of nitriles is 1. The number of aryl methyl sites for hydroxylation is 1. The Hall–Kier alpha value is -3.45. The molecule has 35 heavy (non-hydrogen) atoms. The van der Waals surface area contributed by atoms with Crippen molar-refractivity contribution in [2.45, 2.75) is 72.1 Å². The molecule has 4 nitrogen and oxygen atoms in total. The zero-order valence-corrected chi connectivity index (χ0v) is 21.4. The number of allylic oxidation sites excluding steroid dienone is 3. The van der Waals surface area contributed by atoms with Gasteiger partial charge in [-0.2, -0.15) is 5.26 Å². The number of nitrogens with zero attached hydrogens (tertiary/aromatic N) is 3. The van der Waals surface area contributed by atoms with Crippen LogP contribution < -0.4 is 5.32 Å². The van der Waals surface area contributed by atoms with Crippen LogP contribution in [0.2, 0.25) is 0 Å². The third kappa shape index (κ3) is 5.98. The molecule has 2 heterocycles. The SMILES string of the molecule is CCCC=C(C=C1CCC(C#N)CC1)Nc1cc2cc(-c3cnccc3C)cc(C(C)C)c2cn1. The highest BCUT2D eigenvalue weighted by Gasteiger charge is 2.16. The Kier molecular flexibility index (Phi) is 7.98. The van der Waals surface area contributed by atoms with Crippen LogP contribution in [0.1, 0.15) is 76.3 Å². The van der Waals surface area contributed by atoms with Gasteiger partial charge in [0.25, 0.3) is 0 Å². The molecule has 0 spiro atoms. The van der Waals surface area contributed by atoms with E-state index in [9.17, 15) is 5.26 Å². The monoisotopic (exact) mass is 464 g/mol. The van der Waals surface area contributed by atoms with Gasteiger partial charge in [0.2, 0.25) is 0 Å². The van der Waals surface area contributed by atoms with E-state index in [-0.39, 0.29) is 5.92 Å². The Morgan fingerprint density at radius 3 is 2.69 bits per heavy atom. The van der Waals surface area contributed by atoms with Gasteiger partial charge >= 0.3 is 0 Å². The van der Waals surface area contributed by atoms with Crippen molar-refractivity contribution in [1.82, 2.24) is 9.97 Å². The number of fused-ring (bicyclic) bond motifs is 1. The number of aromatic nitrogens is 2. The number of anilines is 1. The van der Waals surface area contributed by atoms with Crippen LogP contribution in [0.5, 0.6) is 0 Å². The van der Waals surface area contributed by atoms with Crippen LogP contribution in [0.15, 0.2) is 66.3 Å². The quantitative estimate of drug-likeness (QED) is 0.381. The maximum Gasteiger partial charge on any atom is 0.130 e. The van der Waals surface area contributed by atoms with Crippen LogP contribution in [-0.4, -0.2) is 9.97 Å². The summed E-state index contributed by atoms with van der Waals surface area (Å²) in [5.74, 6) is 1.46. The Labute approximate surface area is 209 Å². The molecule has 0 unspecified atom stereocenters. The van der Waals surface area contributed by atoms with Crippen LogP contribution in [0.3, 0.4) is 0 Å². The minimum atomic E-state index is 0.207. The summed E-state index contributed by atoms with van der Waals surface area (Å²) in [6.07, 6.45) is 16.4. The molecule has 180 valence electrons. The van der Waals surface area contributed by atoms with E-state index in [2.05, 4.69) is 80.5 Å². The first-order valence-electron chi connectivity index (χ1n) is 12.9. The topological polar surface area (TPSA) is 61.6 Å². The highest BCUT2D eigenvalue weighted by molar-refractivity contribution is 5.92. The first kappa shape index (κ1) is 24.7. The number of hydrogen-bond acceptors (Lipinski definition) is 4. The zero-order chi connectivity index (χ0) is 24.8. The van der Waals surface area contributed by atoms with Gasteiger partial charge in [0, 0.05) is 41.2 Å². The molecule has 1 aliphatic rings. The molecule has 3 aromatic rings. The number of nitrogens with one attached hydrogen (secondary N) is 1. The maximum absolute atomic E-state index is 9.21. The fourth-order valence-electron chi connectivity index (χ4n) is 4.83. The third-order valence-corrected chi connectivity index (χ3v) is 6.94. The molecule has 0 radical (unpaired) electrons. The van der Waals surface area contributed by atoms with Crippen molar-refractivity contribution in [3.63, 3.8) is 0 Å². The van der Waals surface area contributed by atoms with Crippen molar-refractivity contribution in [3.8, 4) is 17.2 Å². The van der Waals surface area contributed by atoms with Crippen LogP contribution in [0.25, 0.3) is 21.9 Å². The number of rotatable bonds is 7. The molecule has 4 rings (SSSR count). The van der Waals surface area contributed by atoms with E-state index in [1.807, 2.05) is 18.6 Å². The van der Waals surface area contributed by atoms with Crippen molar-refractivity contribution in [1.29, 1.82) is 5.26 Å². The largest absolute Gasteiger partial charge is 0.340 e. The molecule has 0 amide bonds. The molecule has 2 aromatic heterocycles. The Morgan fingerprint density at radius 2 is 2.00 bits per heavy atom. The summed E-state index contributed by atoms with van der Waals surface area (Å²) in [6.45, 7) is 8.81. The lowest BCUT2D eigenvalue weighted by Gasteiger charge is -2.19. The van der Waals surface area contributed by atoms with E-state index < -0.39 is 0 Å². The van der Waals surface area contributed by atoms with Crippen LogP contribution in [0.4, 0.5) is 5.82 Å². The van der Waals surface area contributed by atoms with Gasteiger partial charge in [0.1, 0.15) is 5.82 Å². The maximum atomic E-state index is 9.21. The molecule has 0 saturated heterocycles. The lowest BCUT2D eigenvalue weighted by molar-refractivity contribution is 0.497. The van der Waals surface area contributed by atoms with Crippen LogP contribution >= 0.6 is 0 Å². The molecule has 1 N–H and O–H groups in total. The van der Waals surface area contributed by atoms with Gasteiger partial charge in [0.15, 0.2) is 0 Å². The van der Waals surface area contributed by atoms with Crippen molar-refractivity contribution in [2.24, 2.45) is 5.92 Å². The molecule has 0 atom stereocenters. The van der Waals surface area contributed by atoms with E-state index in [4.69, 9.17) is 4.98 Å². The van der Waals surface area contributed by atoms with Crippen LogP contribution in [0, 0.1) is 24.2 Å². The molecular weight excluding hydrogens is 428 g/mol. The third-order valence-electron chi connectivity index (χ3n) is 6.94. The predicted molar refractivity (Wildman–Crippen MR) is 146 cm³/mol. The highest BCUT2D eigenvalue weighted by atomic mass is 15.0. The van der Waals surface area contributed by atoms with E-state index in [0.29, 0.717) is 5.92 Å². The summed E-state index contributed by atoms with van der Waals surface area (Å²) in [5, 5.41) is 15.2. The summed E-state index contributed by atoms with van der Waals surface area (Å²) in [4.78, 5) is 9.17. The Bertz CT molecular complexity index is 1280. The first-order chi connectivity index (χ1) is 17.0. The van der Waals surface area contributed by atoms with Gasteiger partial charge in [-0.15, -0.1) is 0 Å². The molecule has 1 aromatic carbocycles. The van der Waals surface area contributed by atoms with Crippen molar-refractivity contribution in [3.05, 3.63) is 77.4 Å². The fraction of sp³-hybridized carbons (Fsp3) is 0.387. The van der Waals surface area contributed by atoms with E-state index in [0.717, 1.165) is 50.0 Å². The summed E-state index contributed by atoms with van der Waals surface area (Å²) >= 11 is 0. The Balaban J connectivity index is 1.69. The predicted octanol–water partition coefficient (Wildman–Crippen LogP) is 8.46. The smallest absolute Gasteiger partial charge is 0.130 e. The van der Waals surface area contributed by atoms with E-state index in [1.165, 1.54) is 38.6 Å². The second-order valence-corrected chi connectivity index (χ2v) is 9.98. The number of benzene rings is 1. The van der Waals surface area contributed by atoms with Gasteiger partial charge in [-0.05, 0) is 91.3 Å². The van der Waals surface area contributed by atoms with E-state index >= 15 is 0 Å². The minimum absolute atomic E-state index is 0.207. The molecule has 1 saturated carbocycles. The van der Waals surface area contributed by atoms with Crippen molar-refractivity contribution in [2.75, 3.05) is 5.32 Å². The average molecular weight is 465 g/mol. The van der Waals surface area contributed by atoms with Gasteiger partial charge < -0.3 is 5.32 Å². The molecule has 0 aliphatic heterocycles. The number of pyridine rings is 2. The van der Waals surface area contributed by atoms with Crippen molar-refractivity contribution < 1.29 is 0 Å². The fourth-order valence-corrected chi connectivity index (χ4v) is 4.83. The summed E-state index contributed by atoms with van der Waals surface area (Å²) in [5.41, 5.74) is 7.42. The standard InChI is InChI=1S/C31H36N4/c1-5-6-7-27(14-23-8-10-24(18-32)11-9-23)35-31-17-26-15-25(29-19-33-13-12-22(29)4)16-28(21(2)3)30(26)20-34-31/h7,12-17,19-21,24H,5-6,8-11H2,1-4H3,(H,34,35). The second-order valence-electron chi connectivity index (χ2n) is 9.98. The lowest BCUT2D eigenvalue weighted by atomic mass is 9.86. The van der Waals surface area contributed by atoms with Gasteiger partial charge in [-0.1, -0.05) is 44.9 Å². The lowest BCUT2D eigenvalue weighted by Crippen LogP contribution is -2.07. The number of unbranched alkanes of at least 4 members (excludes halogenated alkanes) is 1. The zero-order valence-electron chi connectivity index (χ0n) is 21.4. The second kappa shape index (κ2) is 11.3. The summed E-state index contributed by atoms with van der Waals surface area (Å²) in [7, 11) is 0. The molecule has 0 bridgehead atoms. The Morgan fingerprint density at radius 1 is 1.20 bits per heavy atom. The van der Waals surface area contributed by atoms with E-state index in [1.54, 1.807) is 0 Å². The van der Waals surface area contributed by atoms with Gasteiger partial charge in [-0.3, -0.25) is 4.98 Å². The molecule has 4 heteroatoms. The van der Waals surface area contributed by atoms with Gasteiger partial charge in [-0.25, -0.2) is 4.98 Å². The normalized spacial score (nSPS) is 16.4. The molecular formula is C31H36N4. The summed E-state index contributed by atoms with van der Waals surface area (Å²) in [6, 6.07) is 11.2. The van der Waals surface area contributed by atoms with Crippen LogP contribution in [-0.2, 0) is 0 Å². The average Bonchev–Trinajstić information content (AvgIpc) is 2.87. The van der Waals surface area contributed by atoms with Gasteiger partial charge in [0.05, 0.1) is 6.07 Å². The minimum Gasteiger partial charge on any atom is -0.340 e. The molecule has 1 fully saturated rings.